The van der Waals surface area contributed by atoms with Crippen LogP contribution in [0.1, 0.15) is 5.56 Å². The van der Waals surface area contributed by atoms with E-state index in [1.807, 2.05) is 49.5 Å². The van der Waals surface area contributed by atoms with E-state index in [2.05, 4.69) is 36.2 Å². The van der Waals surface area contributed by atoms with Crippen LogP contribution in [0, 0.1) is 0 Å². The van der Waals surface area contributed by atoms with Crippen LogP contribution in [0.3, 0.4) is 0 Å². The van der Waals surface area contributed by atoms with E-state index in [4.69, 9.17) is 4.74 Å². The molecule has 3 aromatic heterocycles. The first-order chi connectivity index (χ1) is 16.1. The summed E-state index contributed by atoms with van der Waals surface area (Å²) < 4.78 is 7.05. The van der Waals surface area contributed by atoms with Crippen molar-refractivity contribution in [1.82, 2.24) is 30.2 Å². The fraction of sp³-hybridized carbons (Fsp3) is 0.174. The molecule has 1 atom stereocenters. The molecule has 1 aromatic carbocycles. The monoisotopic (exact) mass is 444 g/mol. The van der Waals surface area contributed by atoms with E-state index in [0.29, 0.717) is 23.9 Å². The Hall–Kier alpha value is -4.31. The number of anilines is 3. The first kappa shape index (κ1) is 21.9. The molecule has 1 amide bonds. The molecule has 10 nitrogen and oxygen atoms in total. The molecule has 0 aliphatic heterocycles. The number of hydrogen-bond acceptors (Lipinski definition) is 8. The quantitative estimate of drug-likeness (QED) is 0.337. The van der Waals surface area contributed by atoms with Gasteiger partial charge in [0.2, 0.25) is 5.95 Å². The number of pyridine rings is 1. The molecular weight excluding hydrogens is 420 g/mol. The van der Waals surface area contributed by atoms with Gasteiger partial charge in [-0.05, 0) is 23.8 Å². The molecule has 3 N–H and O–H groups in total. The van der Waals surface area contributed by atoms with Gasteiger partial charge < -0.3 is 10.1 Å². The fourth-order valence-corrected chi connectivity index (χ4v) is 3.17. The van der Waals surface area contributed by atoms with E-state index in [0.717, 1.165) is 16.9 Å². The highest BCUT2D eigenvalue weighted by atomic mass is 16.5. The lowest BCUT2D eigenvalue weighted by molar-refractivity contribution is -0.130. The first-order valence-corrected chi connectivity index (χ1v) is 10.3. The summed E-state index contributed by atoms with van der Waals surface area (Å²) in [5, 5.41) is 7.25. The van der Waals surface area contributed by atoms with Crippen molar-refractivity contribution in [3.05, 3.63) is 78.8 Å². The predicted octanol–water partition coefficient (Wildman–Crippen LogP) is 2.72. The Morgan fingerprint density at radius 3 is 2.64 bits per heavy atom. The molecule has 33 heavy (non-hydrogen) atoms. The molecule has 0 saturated carbocycles. The van der Waals surface area contributed by atoms with Crippen LogP contribution in [-0.4, -0.2) is 43.9 Å². The van der Waals surface area contributed by atoms with E-state index < -0.39 is 6.10 Å². The van der Waals surface area contributed by atoms with Crippen molar-refractivity contribution >= 4 is 23.5 Å². The summed E-state index contributed by atoms with van der Waals surface area (Å²) in [6.07, 6.45) is 4.83. The van der Waals surface area contributed by atoms with E-state index in [9.17, 15) is 4.79 Å². The zero-order valence-corrected chi connectivity index (χ0v) is 18.3. The number of hydrogen-bond donors (Lipinski definition) is 3. The summed E-state index contributed by atoms with van der Waals surface area (Å²) in [6.45, 7) is 0. The number of benzene rings is 1. The van der Waals surface area contributed by atoms with Gasteiger partial charge in [-0.3, -0.25) is 20.3 Å². The zero-order valence-electron chi connectivity index (χ0n) is 18.3. The second-order valence-electron chi connectivity index (χ2n) is 7.19. The second kappa shape index (κ2) is 10.3. The smallest absolute Gasteiger partial charge is 0.267 e. The Morgan fingerprint density at radius 2 is 1.88 bits per heavy atom. The van der Waals surface area contributed by atoms with Crippen LogP contribution in [0.2, 0.25) is 0 Å². The molecule has 0 unspecified atom stereocenters. The third-order valence-electron chi connectivity index (χ3n) is 4.93. The zero-order chi connectivity index (χ0) is 23.0. The standard InChI is InChI=1S/C23H24N8O2/c1-31-21(10-13-26-31)28-23-25-12-9-18(27-23)17-8-11-24-20(15-17)29-30-22(32)19(33-2)14-16-6-4-3-5-7-16/h3-13,15,19H,14H2,1-2H3,(H,24,29)(H,30,32)(H,25,27,28)/t19-/m1/s1. The molecule has 0 aliphatic carbocycles. The average molecular weight is 444 g/mol. The highest BCUT2D eigenvalue weighted by Gasteiger charge is 2.18. The number of carbonyl (C=O) groups is 1. The van der Waals surface area contributed by atoms with Crippen LogP contribution in [0.15, 0.2) is 73.2 Å². The van der Waals surface area contributed by atoms with Gasteiger partial charge in [0.1, 0.15) is 17.7 Å². The predicted molar refractivity (Wildman–Crippen MR) is 124 cm³/mol. The Labute approximate surface area is 191 Å². The van der Waals surface area contributed by atoms with Crippen LogP contribution in [-0.2, 0) is 23.0 Å². The maximum Gasteiger partial charge on any atom is 0.267 e. The average Bonchev–Trinajstić information content (AvgIpc) is 3.26. The number of rotatable bonds is 9. The van der Waals surface area contributed by atoms with Gasteiger partial charge in [0.15, 0.2) is 0 Å². The van der Waals surface area contributed by atoms with Gasteiger partial charge in [-0.15, -0.1) is 0 Å². The fourth-order valence-electron chi connectivity index (χ4n) is 3.17. The topological polar surface area (TPSA) is 119 Å². The van der Waals surface area contributed by atoms with Gasteiger partial charge in [-0.2, -0.15) is 5.10 Å². The van der Waals surface area contributed by atoms with Crippen LogP contribution >= 0.6 is 0 Å². The molecule has 10 heteroatoms. The number of ether oxygens (including phenoxy) is 1. The van der Waals surface area contributed by atoms with E-state index >= 15 is 0 Å². The number of carbonyl (C=O) groups excluding carboxylic acids is 1. The van der Waals surface area contributed by atoms with E-state index in [1.54, 1.807) is 35.4 Å². The summed E-state index contributed by atoms with van der Waals surface area (Å²) in [6, 6.07) is 16.9. The highest BCUT2D eigenvalue weighted by molar-refractivity contribution is 5.82. The Morgan fingerprint density at radius 1 is 1.06 bits per heavy atom. The molecule has 0 aliphatic rings. The molecule has 0 spiro atoms. The Bertz CT molecular complexity index is 1210. The Kier molecular flexibility index (Phi) is 6.86. The lowest BCUT2D eigenvalue weighted by atomic mass is 10.1. The van der Waals surface area contributed by atoms with Crippen molar-refractivity contribution in [2.45, 2.75) is 12.5 Å². The van der Waals surface area contributed by atoms with E-state index in [1.165, 1.54) is 7.11 Å². The van der Waals surface area contributed by atoms with Gasteiger partial charge in [-0.25, -0.2) is 15.0 Å². The molecule has 168 valence electrons. The summed E-state index contributed by atoms with van der Waals surface area (Å²) >= 11 is 0. The van der Waals surface area contributed by atoms with Crippen LogP contribution in [0.25, 0.3) is 11.3 Å². The van der Waals surface area contributed by atoms with Gasteiger partial charge >= 0.3 is 0 Å². The number of methoxy groups -OCH3 is 1. The number of nitrogens with zero attached hydrogens (tertiary/aromatic N) is 5. The van der Waals surface area contributed by atoms with Crippen LogP contribution in [0.5, 0.6) is 0 Å². The van der Waals surface area contributed by atoms with Gasteiger partial charge in [0.05, 0.1) is 11.9 Å². The molecule has 0 radical (unpaired) electrons. The third-order valence-corrected chi connectivity index (χ3v) is 4.93. The van der Waals surface area contributed by atoms with Crippen LogP contribution < -0.4 is 16.2 Å². The lowest BCUT2D eigenvalue weighted by Crippen LogP contribution is -2.40. The minimum absolute atomic E-state index is 0.293. The minimum Gasteiger partial charge on any atom is -0.371 e. The molecule has 0 bridgehead atoms. The van der Waals surface area contributed by atoms with Crippen molar-refractivity contribution in [2.75, 3.05) is 17.9 Å². The molecule has 0 saturated heterocycles. The van der Waals surface area contributed by atoms with Gasteiger partial charge in [0, 0.05) is 44.6 Å². The van der Waals surface area contributed by atoms with Crippen molar-refractivity contribution < 1.29 is 9.53 Å². The van der Waals surface area contributed by atoms with Gasteiger partial charge in [-0.1, -0.05) is 30.3 Å². The largest absolute Gasteiger partial charge is 0.371 e. The normalized spacial score (nSPS) is 11.6. The van der Waals surface area contributed by atoms with Crippen molar-refractivity contribution in [3.63, 3.8) is 0 Å². The van der Waals surface area contributed by atoms with Gasteiger partial charge in [0.25, 0.3) is 5.91 Å². The summed E-state index contributed by atoms with van der Waals surface area (Å²) in [7, 11) is 3.34. The summed E-state index contributed by atoms with van der Waals surface area (Å²) in [5.41, 5.74) is 8.04. The molecule has 3 heterocycles. The second-order valence-corrected chi connectivity index (χ2v) is 7.19. The number of amides is 1. The first-order valence-electron chi connectivity index (χ1n) is 10.3. The summed E-state index contributed by atoms with van der Waals surface area (Å²) in [5.74, 6) is 1.39. The number of aryl methyl sites for hydroxylation is 1. The van der Waals surface area contributed by atoms with Crippen molar-refractivity contribution in [2.24, 2.45) is 7.05 Å². The van der Waals surface area contributed by atoms with Crippen molar-refractivity contribution in [3.8, 4) is 11.3 Å². The number of nitrogens with one attached hydrogen (secondary N) is 3. The summed E-state index contributed by atoms with van der Waals surface area (Å²) in [4.78, 5) is 25.6. The van der Waals surface area contributed by atoms with Crippen LogP contribution in [0.4, 0.5) is 17.6 Å². The third kappa shape index (κ3) is 5.69. The lowest BCUT2D eigenvalue weighted by Gasteiger charge is -2.16. The SMILES string of the molecule is CO[C@H](Cc1ccccc1)C(=O)NNc1cc(-c2ccnc(Nc3ccnn3C)n2)ccn1. The molecule has 4 rings (SSSR count). The number of aromatic nitrogens is 5. The maximum absolute atomic E-state index is 12.6. The maximum atomic E-state index is 12.6. The Balaban J connectivity index is 1.41. The molecule has 0 fully saturated rings. The van der Waals surface area contributed by atoms with E-state index in [-0.39, 0.29) is 5.91 Å². The minimum atomic E-state index is -0.634. The van der Waals surface area contributed by atoms with Crippen molar-refractivity contribution in [1.29, 1.82) is 0 Å². The molecular formula is C23H24N8O2. The highest BCUT2D eigenvalue weighted by Crippen LogP contribution is 2.21. The molecule has 4 aromatic rings. The number of hydrazine groups is 1.